The van der Waals surface area contributed by atoms with Crippen LogP contribution in [0.2, 0.25) is 0 Å². The summed E-state index contributed by atoms with van der Waals surface area (Å²) in [5.74, 6) is 0.593. The molecule has 0 unspecified atom stereocenters. The molecule has 17 heavy (non-hydrogen) atoms. The molecule has 0 heterocycles. The maximum absolute atomic E-state index is 10.5. The summed E-state index contributed by atoms with van der Waals surface area (Å²) in [6.07, 6.45) is 2.30. The van der Waals surface area contributed by atoms with Crippen molar-refractivity contribution in [1.82, 2.24) is 0 Å². The maximum atomic E-state index is 10.5. The van der Waals surface area contributed by atoms with Crippen LogP contribution in [-0.2, 0) is 11.2 Å². The Balaban J connectivity index is 2.47. The van der Waals surface area contributed by atoms with Crippen molar-refractivity contribution in [2.45, 2.75) is 33.1 Å². The van der Waals surface area contributed by atoms with Crippen LogP contribution >= 0.6 is 0 Å². The van der Waals surface area contributed by atoms with Gasteiger partial charge in [-0.15, -0.1) is 0 Å². The predicted octanol–water partition coefficient (Wildman–Crippen LogP) is 3.13. The number of carbonyl (C=O) groups is 1. The molecule has 0 aliphatic rings. The molecular formula is C14H20O3. The molecule has 0 aliphatic heterocycles. The van der Waals surface area contributed by atoms with Crippen LogP contribution in [0.4, 0.5) is 0 Å². The van der Waals surface area contributed by atoms with Crippen LogP contribution in [0.15, 0.2) is 24.3 Å². The van der Waals surface area contributed by atoms with E-state index in [-0.39, 0.29) is 6.42 Å². The summed E-state index contributed by atoms with van der Waals surface area (Å²) in [6.45, 7) is 5.05. The first-order chi connectivity index (χ1) is 8.15. The van der Waals surface area contributed by atoms with Crippen LogP contribution in [0.3, 0.4) is 0 Å². The zero-order valence-corrected chi connectivity index (χ0v) is 10.5. The van der Waals surface area contributed by atoms with Crippen LogP contribution in [0.5, 0.6) is 5.75 Å². The fourth-order valence-corrected chi connectivity index (χ4v) is 1.62. The standard InChI is InChI=1S/C14H20O3/c1-3-11(4-2)10-17-13-7-5-12(6-8-13)9-14(15)16/h5-8,11H,3-4,9-10H2,1-2H3,(H,15,16). The number of hydrogen-bond acceptors (Lipinski definition) is 2. The van der Waals surface area contributed by atoms with Gasteiger partial charge in [0.1, 0.15) is 5.75 Å². The van der Waals surface area contributed by atoms with Crippen molar-refractivity contribution in [2.75, 3.05) is 6.61 Å². The largest absolute Gasteiger partial charge is 0.493 e. The first kappa shape index (κ1) is 13.6. The maximum Gasteiger partial charge on any atom is 0.307 e. The summed E-state index contributed by atoms with van der Waals surface area (Å²) < 4.78 is 5.66. The number of carboxylic acid groups (broad SMARTS) is 1. The number of benzene rings is 1. The van der Waals surface area contributed by atoms with Crippen LogP contribution in [0.1, 0.15) is 32.3 Å². The van der Waals surface area contributed by atoms with E-state index >= 15 is 0 Å². The van der Waals surface area contributed by atoms with E-state index in [2.05, 4.69) is 13.8 Å². The van der Waals surface area contributed by atoms with Gasteiger partial charge in [0.05, 0.1) is 13.0 Å². The topological polar surface area (TPSA) is 46.5 Å². The van der Waals surface area contributed by atoms with Crippen LogP contribution in [0, 0.1) is 5.92 Å². The van der Waals surface area contributed by atoms with Gasteiger partial charge in [-0.3, -0.25) is 4.79 Å². The van der Waals surface area contributed by atoms with E-state index in [0.29, 0.717) is 5.92 Å². The number of ether oxygens (including phenoxy) is 1. The Bertz CT molecular complexity index is 339. The normalized spacial score (nSPS) is 10.5. The minimum atomic E-state index is -0.810. The van der Waals surface area contributed by atoms with Gasteiger partial charge in [0.2, 0.25) is 0 Å². The van der Waals surface area contributed by atoms with Crippen molar-refractivity contribution in [2.24, 2.45) is 5.92 Å². The molecule has 0 saturated heterocycles. The van der Waals surface area contributed by atoms with Gasteiger partial charge in [0, 0.05) is 0 Å². The Labute approximate surface area is 102 Å². The summed E-state index contributed by atoms with van der Waals surface area (Å²) >= 11 is 0. The third-order valence-electron chi connectivity index (χ3n) is 2.92. The van der Waals surface area contributed by atoms with Crippen molar-refractivity contribution in [1.29, 1.82) is 0 Å². The minimum absolute atomic E-state index is 0.0623. The Kier molecular flexibility index (Phi) is 5.53. The summed E-state index contributed by atoms with van der Waals surface area (Å²) in [5.41, 5.74) is 0.799. The molecule has 1 aromatic rings. The summed E-state index contributed by atoms with van der Waals surface area (Å²) in [7, 11) is 0. The summed E-state index contributed by atoms with van der Waals surface area (Å²) in [5, 5.41) is 8.64. The number of aliphatic carboxylic acids is 1. The van der Waals surface area contributed by atoms with Gasteiger partial charge in [-0.05, 0) is 23.6 Å². The molecule has 1 N–H and O–H groups in total. The molecule has 0 amide bonds. The lowest BCUT2D eigenvalue weighted by atomic mass is 10.1. The van der Waals surface area contributed by atoms with E-state index in [4.69, 9.17) is 9.84 Å². The summed E-state index contributed by atoms with van der Waals surface area (Å²) in [4.78, 5) is 10.5. The highest BCUT2D eigenvalue weighted by Crippen LogP contribution is 2.15. The minimum Gasteiger partial charge on any atom is -0.493 e. The lowest BCUT2D eigenvalue weighted by Gasteiger charge is -2.13. The number of carboxylic acids is 1. The molecule has 0 aromatic heterocycles. The highest BCUT2D eigenvalue weighted by Gasteiger charge is 2.05. The van der Waals surface area contributed by atoms with E-state index < -0.39 is 5.97 Å². The average molecular weight is 236 g/mol. The zero-order valence-electron chi connectivity index (χ0n) is 10.5. The van der Waals surface area contributed by atoms with Crippen molar-refractivity contribution >= 4 is 5.97 Å². The second-order valence-corrected chi connectivity index (χ2v) is 4.21. The smallest absolute Gasteiger partial charge is 0.307 e. The lowest BCUT2D eigenvalue weighted by molar-refractivity contribution is -0.136. The Hall–Kier alpha value is -1.51. The Morgan fingerprint density at radius 1 is 1.24 bits per heavy atom. The molecule has 1 rings (SSSR count). The average Bonchev–Trinajstić information content (AvgIpc) is 2.32. The summed E-state index contributed by atoms with van der Waals surface area (Å²) in [6, 6.07) is 7.27. The van der Waals surface area contributed by atoms with Gasteiger partial charge in [-0.2, -0.15) is 0 Å². The van der Waals surface area contributed by atoms with Gasteiger partial charge in [0.15, 0.2) is 0 Å². The van der Waals surface area contributed by atoms with Crippen LogP contribution in [-0.4, -0.2) is 17.7 Å². The third kappa shape index (κ3) is 4.89. The zero-order chi connectivity index (χ0) is 12.7. The molecule has 94 valence electrons. The SMILES string of the molecule is CCC(CC)COc1ccc(CC(=O)O)cc1. The van der Waals surface area contributed by atoms with E-state index in [1.165, 1.54) is 0 Å². The van der Waals surface area contributed by atoms with E-state index in [1.54, 1.807) is 12.1 Å². The van der Waals surface area contributed by atoms with Crippen molar-refractivity contribution in [3.05, 3.63) is 29.8 Å². The van der Waals surface area contributed by atoms with Gasteiger partial charge < -0.3 is 9.84 Å². The molecular weight excluding hydrogens is 216 g/mol. The van der Waals surface area contributed by atoms with Gasteiger partial charge in [-0.1, -0.05) is 38.8 Å². The molecule has 3 nitrogen and oxygen atoms in total. The molecule has 0 atom stereocenters. The second kappa shape index (κ2) is 6.94. The van der Waals surface area contributed by atoms with E-state index in [1.807, 2.05) is 12.1 Å². The van der Waals surface area contributed by atoms with E-state index in [9.17, 15) is 4.79 Å². The van der Waals surface area contributed by atoms with Crippen molar-refractivity contribution in [3.63, 3.8) is 0 Å². The van der Waals surface area contributed by atoms with Gasteiger partial charge in [-0.25, -0.2) is 0 Å². The molecule has 1 aromatic carbocycles. The molecule has 0 aliphatic carbocycles. The molecule has 0 bridgehead atoms. The van der Waals surface area contributed by atoms with Crippen molar-refractivity contribution in [3.8, 4) is 5.75 Å². The Morgan fingerprint density at radius 3 is 2.29 bits per heavy atom. The quantitative estimate of drug-likeness (QED) is 0.791. The third-order valence-corrected chi connectivity index (χ3v) is 2.92. The first-order valence-corrected chi connectivity index (χ1v) is 6.09. The number of rotatable bonds is 7. The molecule has 0 fully saturated rings. The fourth-order valence-electron chi connectivity index (χ4n) is 1.62. The van der Waals surface area contributed by atoms with E-state index in [0.717, 1.165) is 30.8 Å². The predicted molar refractivity (Wildman–Crippen MR) is 67.3 cm³/mol. The molecule has 0 spiro atoms. The van der Waals surface area contributed by atoms with Crippen LogP contribution in [0.25, 0.3) is 0 Å². The Morgan fingerprint density at radius 2 is 1.82 bits per heavy atom. The molecule has 0 saturated carbocycles. The van der Waals surface area contributed by atoms with Gasteiger partial charge >= 0.3 is 5.97 Å². The second-order valence-electron chi connectivity index (χ2n) is 4.21. The van der Waals surface area contributed by atoms with Crippen LogP contribution < -0.4 is 4.74 Å². The van der Waals surface area contributed by atoms with Gasteiger partial charge in [0.25, 0.3) is 0 Å². The monoisotopic (exact) mass is 236 g/mol. The van der Waals surface area contributed by atoms with Crippen molar-refractivity contribution < 1.29 is 14.6 Å². The highest BCUT2D eigenvalue weighted by atomic mass is 16.5. The molecule has 0 radical (unpaired) electrons. The number of hydrogen-bond donors (Lipinski definition) is 1. The highest BCUT2D eigenvalue weighted by molar-refractivity contribution is 5.70. The molecule has 3 heteroatoms. The fraction of sp³-hybridized carbons (Fsp3) is 0.500. The first-order valence-electron chi connectivity index (χ1n) is 6.09. The lowest BCUT2D eigenvalue weighted by Crippen LogP contribution is -2.10.